The van der Waals surface area contributed by atoms with Gasteiger partial charge in [-0.1, -0.05) is 0 Å². The van der Waals surface area contributed by atoms with E-state index in [0.717, 1.165) is 11.8 Å². The van der Waals surface area contributed by atoms with E-state index >= 15 is 0 Å². The minimum Gasteiger partial charge on any atom is -0.147 e. The molecular formula is C54H72Cl2SiZr. The van der Waals surface area contributed by atoms with Crippen molar-refractivity contribution >= 4 is 43.8 Å². The van der Waals surface area contributed by atoms with E-state index in [4.69, 9.17) is 0 Å². The minimum atomic E-state index is -3.84. The van der Waals surface area contributed by atoms with Crippen molar-refractivity contribution in [3.05, 3.63) is 129 Å². The smallest absolute Gasteiger partial charge is 0.147 e. The largest absolute Gasteiger partial charge is 0.147 e. The van der Waals surface area contributed by atoms with Crippen LogP contribution in [0.2, 0.25) is 9.26 Å². The van der Waals surface area contributed by atoms with Gasteiger partial charge >= 0.3 is 346 Å². The standard InChI is InChI=1S/2C26H31.2CH3.2ClH.H2Si.Zr/c2*1-3-19(2)22-12-14-23(15-13-22)25-11-7-10-24-17-21(18-26(24)25)16-20-8-5-4-6-9-20;;;;;;/h2*7,10-15,17-20H,3-6,8-9,16H2,1-2H3;2*1H3;2*1H;1H2;. The Labute approximate surface area is 367 Å². The summed E-state index contributed by atoms with van der Waals surface area (Å²) in [5.41, 5.74) is 18.6. The van der Waals surface area contributed by atoms with Crippen LogP contribution in [-0.4, -0.2) is 6.88 Å². The number of allylic oxidation sites excluding steroid dienone is 2. The van der Waals surface area contributed by atoms with Crippen molar-refractivity contribution in [2.75, 3.05) is 0 Å². The Bertz CT molecular complexity index is 2010. The molecule has 0 aromatic heterocycles. The first kappa shape index (κ1) is 45.6. The molecule has 4 aromatic rings. The van der Waals surface area contributed by atoms with E-state index in [9.17, 15) is 0 Å². The van der Waals surface area contributed by atoms with Gasteiger partial charge in [0, 0.05) is 0 Å². The molecule has 58 heavy (non-hydrogen) atoms. The van der Waals surface area contributed by atoms with Crippen molar-refractivity contribution in [2.24, 2.45) is 11.8 Å². The molecule has 0 N–H and O–H groups in total. The van der Waals surface area contributed by atoms with Crippen molar-refractivity contribution in [1.82, 2.24) is 0 Å². The first-order valence-electron chi connectivity index (χ1n) is 23.0. The molecule has 8 rings (SSSR count). The first-order valence-corrected chi connectivity index (χ1v) is 36.7. The van der Waals surface area contributed by atoms with Gasteiger partial charge in [-0.25, -0.2) is 0 Å². The molecule has 4 aromatic carbocycles. The molecular weight excluding hydrogens is 839 g/mol. The maximum Gasteiger partial charge on any atom is -0.147 e. The SMILES string of the molecule is CCC(C)c1ccc(-c2cccc3c2C=C(CC2CCCCC2)[CH]3[Zr]([CH3])([CH3])(=[SiH2])[CH]2C(CC3CCCCC3)=Cc3c(-c4ccc(C(C)CC)cc4)cccc32)cc1.Cl.Cl. The van der Waals surface area contributed by atoms with Crippen molar-refractivity contribution in [1.29, 1.82) is 0 Å². The van der Waals surface area contributed by atoms with E-state index < -0.39 is 17.4 Å². The third-order valence-corrected chi connectivity index (χ3v) is 33.0. The molecule has 0 amide bonds. The Hall–Kier alpha value is -1.96. The van der Waals surface area contributed by atoms with Crippen molar-refractivity contribution in [3.8, 4) is 22.3 Å². The van der Waals surface area contributed by atoms with Crippen LogP contribution in [0.5, 0.6) is 0 Å². The number of halogens is 2. The molecule has 4 atom stereocenters. The average molecular weight is 911 g/mol. The normalized spacial score (nSPS) is 20.9. The van der Waals surface area contributed by atoms with Gasteiger partial charge in [0.2, 0.25) is 0 Å². The van der Waals surface area contributed by atoms with Gasteiger partial charge in [-0.15, -0.1) is 24.8 Å². The Balaban J connectivity index is 0.00000283. The molecule has 0 bridgehead atoms. The van der Waals surface area contributed by atoms with Crippen molar-refractivity contribution in [2.45, 2.75) is 146 Å². The molecule has 0 aliphatic heterocycles. The van der Waals surface area contributed by atoms with Gasteiger partial charge in [0.05, 0.1) is 0 Å². The molecule has 4 aliphatic carbocycles. The number of hydrogen-bond donors (Lipinski definition) is 0. The minimum absolute atomic E-state index is 0. The number of hydrogen-bond acceptors (Lipinski definition) is 0. The summed E-state index contributed by atoms with van der Waals surface area (Å²) in [5.74, 6) is 2.86. The second-order valence-corrected chi connectivity index (χ2v) is 50.6. The summed E-state index contributed by atoms with van der Waals surface area (Å²) in [4.78, 5) is 0. The molecule has 2 fully saturated rings. The van der Waals surface area contributed by atoms with Crippen LogP contribution in [0.15, 0.2) is 96.1 Å². The van der Waals surface area contributed by atoms with Crippen LogP contribution in [-0.2, 0) is 17.4 Å². The van der Waals surface area contributed by atoms with E-state index in [-0.39, 0.29) is 24.8 Å². The molecule has 4 heteroatoms. The molecule has 0 spiro atoms. The van der Waals surface area contributed by atoms with Crippen LogP contribution in [0, 0.1) is 11.8 Å². The van der Waals surface area contributed by atoms with E-state index in [1.54, 1.807) is 33.4 Å². The third kappa shape index (κ3) is 8.99. The molecule has 4 unspecified atom stereocenters. The van der Waals surface area contributed by atoms with Crippen LogP contribution in [0.4, 0.5) is 0 Å². The van der Waals surface area contributed by atoms with Gasteiger partial charge in [0.15, 0.2) is 0 Å². The molecule has 0 saturated heterocycles. The quantitative estimate of drug-likeness (QED) is 0.124. The van der Waals surface area contributed by atoms with E-state index in [2.05, 4.69) is 141 Å². The van der Waals surface area contributed by atoms with Gasteiger partial charge < -0.3 is 0 Å². The monoisotopic (exact) mass is 908 g/mol. The Kier molecular flexibility index (Phi) is 14.9. The second-order valence-electron chi connectivity index (χ2n) is 20.1. The van der Waals surface area contributed by atoms with Crippen molar-refractivity contribution in [3.63, 3.8) is 0 Å². The summed E-state index contributed by atoms with van der Waals surface area (Å²) in [6.07, 6.45) is 24.6. The van der Waals surface area contributed by atoms with Crippen molar-refractivity contribution < 1.29 is 17.4 Å². The van der Waals surface area contributed by atoms with Gasteiger partial charge in [-0.2, -0.15) is 0 Å². The number of fused-ring (bicyclic) bond motifs is 2. The molecule has 0 radical (unpaired) electrons. The van der Waals surface area contributed by atoms with Crippen LogP contribution in [0.1, 0.15) is 170 Å². The van der Waals surface area contributed by atoms with Gasteiger partial charge in [-0.3, -0.25) is 0 Å². The van der Waals surface area contributed by atoms with Crippen LogP contribution < -0.4 is 0 Å². The summed E-state index contributed by atoms with van der Waals surface area (Å²) >= 11 is -3.84. The fourth-order valence-corrected chi connectivity index (χ4v) is 31.9. The maximum absolute atomic E-state index is 3.84. The molecule has 0 nitrogen and oxygen atoms in total. The summed E-state index contributed by atoms with van der Waals surface area (Å²) < 4.78 is 6.94. The number of benzene rings is 4. The van der Waals surface area contributed by atoms with E-state index in [1.165, 1.54) is 123 Å². The third-order valence-electron chi connectivity index (χ3n) is 15.5. The predicted molar refractivity (Wildman–Crippen MR) is 260 cm³/mol. The molecule has 310 valence electrons. The van der Waals surface area contributed by atoms with E-state index in [1.807, 2.05) is 0 Å². The Morgan fingerprint density at radius 1 is 0.534 bits per heavy atom. The zero-order valence-electron chi connectivity index (χ0n) is 36.6. The van der Waals surface area contributed by atoms with Gasteiger partial charge in [-0.05, 0) is 0 Å². The fraction of sp³-hybridized carbons (Fsp3) is 0.481. The molecule has 4 aliphatic rings. The summed E-state index contributed by atoms with van der Waals surface area (Å²) in [6.45, 7) is 11.9. The van der Waals surface area contributed by atoms with Crippen LogP contribution in [0.25, 0.3) is 34.4 Å². The van der Waals surface area contributed by atoms with Crippen LogP contribution >= 0.6 is 24.8 Å². The molecule has 0 heterocycles. The average Bonchev–Trinajstić information content (AvgIpc) is 3.80. The predicted octanol–water partition coefficient (Wildman–Crippen LogP) is 16.7. The molecule has 2 saturated carbocycles. The zero-order chi connectivity index (χ0) is 39.1. The summed E-state index contributed by atoms with van der Waals surface area (Å²) in [7, 11) is 0. The first-order chi connectivity index (χ1) is 27.0. The number of rotatable bonds is 12. The topological polar surface area (TPSA) is 0 Å². The van der Waals surface area contributed by atoms with Gasteiger partial charge in [0.1, 0.15) is 0 Å². The summed E-state index contributed by atoms with van der Waals surface area (Å²) in [6, 6.07) is 34.1. The summed E-state index contributed by atoms with van der Waals surface area (Å²) in [5, 5.41) is 0. The Morgan fingerprint density at radius 2 is 0.897 bits per heavy atom. The fourth-order valence-electron chi connectivity index (χ4n) is 12.1. The van der Waals surface area contributed by atoms with Crippen LogP contribution in [0.3, 0.4) is 0 Å². The van der Waals surface area contributed by atoms with E-state index in [0.29, 0.717) is 19.1 Å². The second kappa shape index (κ2) is 19.0. The Morgan fingerprint density at radius 3 is 1.24 bits per heavy atom. The maximum atomic E-state index is 2.91. The van der Waals surface area contributed by atoms with Gasteiger partial charge in [0.25, 0.3) is 0 Å². The zero-order valence-corrected chi connectivity index (χ0v) is 42.1.